The van der Waals surface area contributed by atoms with Crippen LogP contribution in [0.5, 0.6) is 0 Å². The SMILES string of the molecule is CN(CCC(O)C(F)(F)F)c1nnc(-c2cc(Cl)ccc2F)cc1Nc1ccnc(NC(=O)CN2C[C@@H]3C[C@H]2CN3C)c1. The van der Waals surface area contributed by atoms with Gasteiger partial charge in [0.2, 0.25) is 5.91 Å². The van der Waals surface area contributed by atoms with E-state index in [0.717, 1.165) is 19.5 Å². The Balaban J connectivity index is 1.35. The van der Waals surface area contributed by atoms with Crippen LogP contribution in [0.4, 0.5) is 40.6 Å². The topological polar surface area (TPSA) is 110 Å². The standard InChI is InChI=1S/C28H31ClF4N8O2/c1-39(8-6-24(42)28(31,32)33)27-23(12-22(37-38-27)20-9-16(29)3-4-21(20)30)35-17-5-7-34-25(10-17)36-26(43)15-41-14-18-11-19(41)13-40(18)2/h3-5,7,9-10,12,18-19,24,42H,6,8,11,13-15H2,1-2H3,(H2,34,35,36,37,43)/t18-,19-,24?/m0/s1. The van der Waals surface area contributed by atoms with Gasteiger partial charge in [-0.25, -0.2) is 9.37 Å². The van der Waals surface area contributed by atoms with Gasteiger partial charge in [-0.05, 0) is 50.2 Å². The summed E-state index contributed by atoms with van der Waals surface area (Å²) in [5, 5.41) is 23.9. The van der Waals surface area contributed by atoms with Crippen molar-refractivity contribution in [3.63, 3.8) is 0 Å². The van der Waals surface area contributed by atoms with Crippen LogP contribution >= 0.6 is 11.6 Å². The van der Waals surface area contributed by atoms with E-state index in [1.807, 2.05) is 0 Å². The molecule has 1 unspecified atom stereocenters. The molecule has 2 bridgehead atoms. The van der Waals surface area contributed by atoms with Gasteiger partial charge >= 0.3 is 6.18 Å². The van der Waals surface area contributed by atoms with E-state index in [4.69, 9.17) is 11.6 Å². The third-order valence-electron chi connectivity index (χ3n) is 7.74. The lowest BCUT2D eigenvalue weighted by Gasteiger charge is -2.31. The first kappa shape index (κ1) is 30.9. The molecule has 1 aromatic carbocycles. The highest BCUT2D eigenvalue weighted by atomic mass is 35.5. The van der Waals surface area contributed by atoms with Crippen LogP contribution in [0, 0.1) is 5.82 Å². The number of aromatic nitrogens is 3. The lowest BCUT2D eigenvalue weighted by molar-refractivity contribution is -0.204. The van der Waals surface area contributed by atoms with Gasteiger partial charge in [0.05, 0.1) is 17.9 Å². The minimum atomic E-state index is -4.76. The monoisotopic (exact) mass is 622 g/mol. The summed E-state index contributed by atoms with van der Waals surface area (Å²) in [5.41, 5.74) is 0.967. The van der Waals surface area contributed by atoms with Gasteiger partial charge in [-0.3, -0.25) is 9.69 Å². The number of aliphatic hydroxyl groups is 1. The minimum Gasteiger partial charge on any atom is -0.384 e. The van der Waals surface area contributed by atoms with Crippen molar-refractivity contribution in [2.45, 2.75) is 37.2 Å². The molecule has 15 heteroatoms. The number of anilines is 4. The zero-order valence-electron chi connectivity index (χ0n) is 23.4. The highest BCUT2D eigenvalue weighted by molar-refractivity contribution is 6.30. The maximum atomic E-state index is 14.6. The Morgan fingerprint density at radius 1 is 1.19 bits per heavy atom. The summed E-state index contributed by atoms with van der Waals surface area (Å²) in [5.74, 6) is -0.349. The van der Waals surface area contributed by atoms with Crippen LogP contribution in [0.1, 0.15) is 12.8 Å². The fourth-order valence-corrected chi connectivity index (χ4v) is 5.58. The van der Waals surface area contributed by atoms with E-state index < -0.39 is 24.5 Å². The first-order valence-corrected chi connectivity index (χ1v) is 14.0. The van der Waals surface area contributed by atoms with Gasteiger partial charge < -0.3 is 25.5 Å². The molecule has 3 N–H and O–H groups in total. The fraction of sp³-hybridized carbons (Fsp3) is 0.429. The Morgan fingerprint density at radius 2 is 1.98 bits per heavy atom. The predicted molar refractivity (Wildman–Crippen MR) is 155 cm³/mol. The number of nitrogens with one attached hydrogen (secondary N) is 2. The number of likely N-dealkylation sites (tertiary alicyclic amines) is 2. The number of piperazine rings is 1. The van der Waals surface area contributed by atoms with Gasteiger partial charge in [0.1, 0.15) is 11.6 Å². The highest BCUT2D eigenvalue weighted by Crippen LogP contribution is 2.33. The zero-order chi connectivity index (χ0) is 30.9. The van der Waals surface area contributed by atoms with E-state index in [1.54, 1.807) is 12.1 Å². The molecule has 3 atom stereocenters. The number of amides is 1. The minimum absolute atomic E-state index is 0.0780. The predicted octanol–water partition coefficient (Wildman–Crippen LogP) is 4.15. The summed E-state index contributed by atoms with van der Waals surface area (Å²) in [6.45, 7) is 1.81. The van der Waals surface area contributed by atoms with Crippen molar-refractivity contribution in [1.82, 2.24) is 25.0 Å². The molecular formula is C28H31ClF4N8O2. The molecule has 4 heterocycles. The summed E-state index contributed by atoms with van der Waals surface area (Å²) >= 11 is 6.06. The lowest BCUT2D eigenvalue weighted by Crippen LogP contribution is -2.47. The van der Waals surface area contributed by atoms with Crippen LogP contribution in [0.3, 0.4) is 0 Å². The van der Waals surface area contributed by atoms with Crippen molar-refractivity contribution in [2.75, 3.05) is 55.8 Å². The molecule has 2 saturated heterocycles. The number of nitrogens with zero attached hydrogens (tertiary/aromatic N) is 6. The first-order chi connectivity index (χ1) is 20.4. The number of benzene rings is 1. The molecular weight excluding hydrogens is 592 g/mol. The second-order valence-corrected chi connectivity index (χ2v) is 11.3. The van der Waals surface area contributed by atoms with Gasteiger partial charge in [-0.15, -0.1) is 10.2 Å². The van der Waals surface area contributed by atoms with Crippen LogP contribution in [-0.2, 0) is 4.79 Å². The number of hydrogen-bond donors (Lipinski definition) is 3. The van der Waals surface area contributed by atoms with Crippen molar-refractivity contribution in [1.29, 1.82) is 0 Å². The van der Waals surface area contributed by atoms with Gasteiger partial charge in [0.25, 0.3) is 0 Å². The van der Waals surface area contributed by atoms with Gasteiger partial charge in [-0.2, -0.15) is 13.2 Å². The van der Waals surface area contributed by atoms with E-state index in [0.29, 0.717) is 23.6 Å². The van der Waals surface area contributed by atoms with Crippen LogP contribution in [-0.4, -0.2) is 101 Å². The number of alkyl halides is 3. The zero-order valence-corrected chi connectivity index (χ0v) is 24.2. The molecule has 1 amide bonds. The molecule has 43 heavy (non-hydrogen) atoms. The molecule has 0 aliphatic carbocycles. The summed E-state index contributed by atoms with van der Waals surface area (Å²) in [4.78, 5) is 22.9. The molecule has 3 aromatic rings. The molecule has 230 valence electrons. The van der Waals surface area contributed by atoms with E-state index in [9.17, 15) is 27.5 Å². The molecule has 0 spiro atoms. The summed E-state index contributed by atoms with van der Waals surface area (Å²) in [7, 11) is 3.59. The largest absolute Gasteiger partial charge is 0.414 e. The van der Waals surface area contributed by atoms with Crippen LogP contribution < -0.4 is 15.5 Å². The average Bonchev–Trinajstić information content (AvgIpc) is 3.51. The molecule has 5 rings (SSSR count). The second kappa shape index (κ2) is 12.6. The molecule has 2 aliphatic rings. The summed E-state index contributed by atoms with van der Waals surface area (Å²) < 4.78 is 53.3. The summed E-state index contributed by atoms with van der Waals surface area (Å²) in [6, 6.07) is 9.50. The molecule has 2 aromatic heterocycles. The van der Waals surface area contributed by atoms with E-state index >= 15 is 0 Å². The maximum Gasteiger partial charge on any atom is 0.414 e. The highest BCUT2D eigenvalue weighted by Gasteiger charge is 2.42. The number of carbonyl (C=O) groups excluding carboxylic acids is 1. The molecule has 10 nitrogen and oxygen atoms in total. The molecule has 0 radical (unpaired) electrons. The number of fused-ring (bicyclic) bond motifs is 2. The fourth-order valence-electron chi connectivity index (χ4n) is 5.41. The maximum absolute atomic E-state index is 14.6. The third kappa shape index (κ3) is 7.32. The van der Waals surface area contributed by atoms with Crippen molar-refractivity contribution in [2.24, 2.45) is 0 Å². The van der Waals surface area contributed by atoms with E-state index in [1.165, 1.54) is 42.4 Å². The Kier molecular flexibility index (Phi) is 9.02. The molecule has 0 saturated carbocycles. The Labute approximate surface area is 250 Å². The quantitative estimate of drug-likeness (QED) is 0.287. The number of carbonyl (C=O) groups is 1. The van der Waals surface area contributed by atoms with Gasteiger partial charge in [0, 0.05) is 67.3 Å². The van der Waals surface area contributed by atoms with Crippen molar-refractivity contribution >= 4 is 40.5 Å². The van der Waals surface area contributed by atoms with Crippen LogP contribution in [0.2, 0.25) is 5.02 Å². The Bertz CT molecular complexity index is 1480. The average molecular weight is 623 g/mol. The van der Waals surface area contributed by atoms with Crippen molar-refractivity contribution < 1.29 is 27.5 Å². The number of halogens is 5. The van der Waals surface area contributed by atoms with E-state index in [2.05, 4.69) is 42.7 Å². The number of hydrogen-bond acceptors (Lipinski definition) is 9. The number of likely N-dealkylation sites (N-methyl/N-ethyl adjacent to an activating group) is 1. The lowest BCUT2D eigenvalue weighted by atomic mass is 10.1. The van der Waals surface area contributed by atoms with E-state index in [-0.39, 0.29) is 46.8 Å². The molecule has 2 aliphatic heterocycles. The number of rotatable bonds is 10. The number of pyridine rings is 1. The second-order valence-electron chi connectivity index (χ2n) is 10.9. The van der Waals surface area contributed by atoms with Crippen LogP contribution in [0.25, 0.3) is 11.3 Å². The Hall–Kier alpha value is -3.59. The first-order valence-electron chi connectivity index (χ1n) is 13.6. The summed E-state index contributed by atoms with van der Waals surface area (Å²) in [6.07, 6.45) is -5.34. The third-order valence-corrected chi connectivity index (χ3v) is 7.97. The van der Waals surface area contributed by atoms with Gasteiger partial charge in [0.15, 0.2) is 11.9 Å². The van der Waals surface area contributed by atoms with Gasteiger partial charge in [-0.1, -0.05) is 11.6 Å². The molecule has 2 fully saturated rings. The van der Waals surface area contributed by atoms with Crippen molar-refractivity contribution in [3.8, 4) is 11.3 Å². The smallest absolute Gasteiger partial charge is 0.384 e. The Morgan fingerprint density at radius 3 is 2.67 bits per heavy atom. The van der Waals surface area contributed by atoms with Crippen LogP contribution in [0.15, 0.2) is 42.6 Å². The van der Waals surface area contributed by atoms with Crippen molar-refractivity contribution in [3.05, 3.63) is 53.4 Å². The normalized spacial score (nSPS) is 19.4. The number of aliphatic hydroxyl groups excluding tert-OH is 1.